The van der Waals surface area contributed by atoms with Gasteiger partial charge in [-0.05, 0) is 75.2 Å². The van der Waals surface area contributed by atoms with Gasteiger partial charge >= 0.3 is 0 Å². The van der Waals surface area contributed by atoms with E-state index in [2.05, 4.69) is 5.43 Å². The maximum atomic E-state index is 12.6. The Bertz CT molecular complexity index is 826. The minimum absolute atomic E-state index is 0.0923. The molecule has 0 unspecified atom stereocenters. The van der Waals surface area contributed by atoms with Gasteiger partial charge < -0.3 is 4.74 Å². The van der Waals surface area contributed by atoms with Gasteiger partial charge in [0.2, 0.25) is 0 Å². The molecule has 2 aromatic carbocycles. The second kappa shape index (κ2) is 8.76. The van der Waals surface area contributed by atoms with Gasteiger partial charge in [-0.3, -0.25) is 15.0 Å². The Balaban J connectivity index is 1.63. The van der Waals surface area contributed by atoms with Crippen LogP contribution in [0, 0.1) is 0 Å². The summed E-state index contributed by atoms with van der Waals surface area (Å²) in [5.41, 5.74) is 3.03. The number of amides is 1. The number of rotatable bonds is 6. The van der Waals surface area contributed by atoms with Gasteiger partial charge in [0.05, 0.1) is 0 Å². The van der Waals surface area contributed by atoms with Crippen LogP contribution < -0.4 is 10.2 Å². The first-order chi connectivity index (χ1) is 13.3. The summed E-state index contributed by atoms with van der Waals surface area (Å²) in [5.74, 6) is 0.257. The van der Waals surface area contributed by atoms with Crippen LogP contribution in [0.2, 0.25) is 5.02 Å². The number of carbonyl (C=O) groups is 2. The van der Waals surface area contributed by atoms with Crippen LogP contribution in [0.1, 0.15) is 49.0 Å². The molecule has 1 fully saturated rings. The molecule has 148 valence electrons. The molecule has 0 atom stereocenters. The largest absolute Gasteiger partial charge is 0.478 e. The average Bonchev–Trinajstić information content (AvgIpc) is 2.69. The number of nitrogens with zero attached hydrogens (tertiary/aromatic N) is 1. The highest BCUT2D eigenvalue weighted by atomic mass is 35.5. The lowest BCUT2D eigenvalue weighted by Crippen LogP contribution is -2.54. The van der Waals surface area contributed by atoms with Crippen molar-refractivity contribution in [3.05, 3.63) is 64.7 Å². The quantitative estimate of drug-likeness (QED) is 0.736. The van der Waals surface area contributed by atoms with Crippen molar-refractivity contribution in [1.29, 1.82) is 0 Å². The Labute approximate surface area is 170 Å². The average molecular weight is 401 g/mol. The Morgan fingerprint density at radius 1 is 0.929 bits per heavy atom. The number of hydrogen-bond donors (Lipinski definition) is 1. The van der Waals surface area contributed by atoms with Crippen molar-refractivity contribution in [2.24, 2.45) is 0 Å². The van der Waals surface area contributed by atoms with Crippen LogP contribution in [0.5, 0.6) is 5.75 Å². The molecule has 3 rings (SSSR count). The first-order valence-corrected chi connectivity index (χ1v) is 9.88. The Morgan fingerprint density at radius 3 is 2.04 bits per heavy atom. The van der Waals surface area contributed by atoms with E-state index >= 15 is 0 Å². The van der Waals surface area contributed by atoms with Crippen molar-refractivity contribution in [2.75, 3.05) is 13.1 Å². The molecule has 0 aromatic heterocycles. The number of ketones is 1. The number of nitrogens with one attached hydrogen (secondary N) is 1. The van der Waals surface area contributed by atoms with Gasteiger partial charge in [-0.25, -0.2) is 5.01 Å². The van der Waals surface area contributed by atoms with E-state index in [1.165, 1.54) is 6.42 Å². The zero-order valence-corrected chi connectivity index (χ0v) is 17.0. The molecular weight excluding hydrogens is 376 g/mol. The van der Waals surface area contributed by atoms with E-state index in [1.807, 2.05) is 5.01 Å². The zero-order valence-electron chi connectivity index (χ0n) is 16.2. The summed E-state index contributed by atoms with van der Waals surface area (Å²) >= 11 is 5.87. The summed E-state index contributed by atoms with van der Waals surface area (Å²) < 4.78 is 5.89. The summed E-state index contributed by atoms with van der Waals surface area (Å²) in [6, 6.07) is 13.6. The lowest BCUT2D eigenvalue weighted by Gasteiger charge is -2.32. The molecule has 5 nitrogen and oxygen atoms in total. The fraction of sp³-hybridized carbons (Fsp3) is 0.364. The van der Waals surface area contributed by atoms with Gasteiger partial charge in [0, 0.05) is 29.2 Å². The molecule has 0 spiro atoms. The highest BCUT2D eigenvalue weighted by Crippen LogP contribution is 2.21. The van der Waals surface area contributed by atoms with Crippen molar-refractivity contribution >= 4 is 23.3 Å². The SMILES string of the molecule is CC(C)(Oc1ccc(C(=O)c2ccc(Cl)cc2)cc1)C(=O)NN1CCCCC1. The van der Waals surface area contributed by atoms with Crippen LogP contribution in [0.4, 0.5) is 0 Å². The molecule has 1 heterocycles. The second-order valence-electron chi connectivity index (χ2n) is 7.46. The zero-order chi connectivity index (χ0) is 20.1. The van der Waals surface area contributed by atoms with E-state index in [4.69, 9.17) is 16.3 Å². The van der Waals surface area contributed by atoms with Gasteiger partial charge in [-0.15, -0.1) is 0 Å². The molecule has 1 aliphatic rings. The molecule has 2 aromatic rings. The maximum Gasteiger partial charge on any atom is 0.277 e. The van der Waals surface area contributed by atoms with E-state index in [9.17, 15) is 9.59 Å². The molecule has 1 aliphatic heterocycles. The maximum absolute atomic E-state index is 12.6. The molecule has 0 bridgehead atoms. The second-order valence-corrected chi connectivity index (χ2v) is 7.90. The summed E-state index contributed by atoms with van der Waals surface area (Å²) in [5, 5.41) is 2.54. The number of piperidine rings is 1. The van der Waals surface area contributed by atoms with E-state index in [0.29, 0.717) is 21.9 Å². The molecule has 0 saturated carbocycles. The van der Waals surface area contributed by atoms with Crippen LogP contribution in [0.3, 0.4) is 0 Å². The highest BCUT2D eigenvalue weighted by molar-refractivity contribution is 6.30. The predicted octanol–water partition coefficient (Wildman–Crippen LogP) is 4.25. The van der Waals surface area contributed by atoms with Crippen molar-refractivity contribution in [2.45, 2.75) is 38.7 Å². The first kappa shape index (κ1) is 20.4. The van der Waals surface area contributed by atoms with Gasteiger partial charge in [-0.1, -0.05) is 18.0 Å². The van der Waals surface area contributed by atoms with Crippen molar-refractivity contribution in [1.82, 2.24) is 10.4 Å². The summed E-state index contributed by atoms with van der Waals surface area (Å²) in [4.78, 5) is 25.1. The summed E-state index contributed by atoms with van der Waals surface area (Å²) in [6.07, 6.45) is 3.38. The molecular formula is C22H25ClN2O3. The van der Waals surface area contributed by atoms with Gasteiger partial charge in [-0.2, -0.15) is 0 Å². The standard InChI is InChI=1S/C22H25ClN2O3/c1-22(2,21(27)24-25-14-4-3-5-15-25)28-19-12-8-17(9-13-19)20(26)16-6-10-18(23)11-7-16/h6-13H,3-5,14-15H2,1-2H3,(H,24,27). The van der Waals surface area contributed by atoms with Gasteiger partial charge in [0.1, 0.15) is 5.75 Å². The fourth-order valence-electron chi connectivity index (χ4n) is 3.07. The van der Waals surface area contributed by atoms with E-state index < -0.39 is 5.60 Å². The van der Waals surface area contributed by atoms with Crippen molar-refractivity contribution < 1.29 is 14.3 Å². The molecule has 0 aliphatic carbocycles. The van der Waals surface area contributed by atoms with Gasteiger partial charge in [0.15, 0.2) is 11.4 Å². The number of hydrazine groups is 1. The normalized spacial score (nSPS) is 15.1. The van der Waals surface area contributed by atoms with E-state index in [-0.39, 0.29) is 11.7 Å². The Hall–Kier alpha value is -2.37. The van der Waals surface area contributed by atoms with Crippen LogP contribution in [0.25, 0.3) is 0 Å². The fourth-order valence-corrected chi connectivity index (χ4v) is 3.19. The third-order valence-electron chi connectivity index (χ3n) is 4.76. The van der Waals surface area contributed by atoms with Gasteiger partial charge in [0.25, 0.3) is 5.91 Å². The molecule has 1 N–H and O–H groups in total. The van der Waals surface area contributed by atoms with Crippen LogP contribution in [-0.2, 0) is 4.79 Å². The van der Waals surface area contributed by atoms with Crippen molar-refractivity contribution in [3.8, 4) is 5.75 Å². The molecule has 28 heavy (non-hydrogen) atoms. The van der Waals surface area contributed by atoms with Crippen LogP contribution in [-0.4, -0.2) is 35.4 Å². The van der Waals surface area contributed by atoms with Crippen LogP contribution in [0.15, 0.2) is 48.5 Å². The molecule has 1 saturated heterocycles. The summed E-state index contributed by atoms with van der Waals surface area (Å²) in [6.45, 7) is 5.20. The predicted molar refractivity (Wildman–Crippen MR) is 110 cm³/mol. The minimum Gasteiger partial charge on any atom is -0.478 e. The first-order valence-electron chi connectivity index (χ1n) is 9.50. The third-order valence-corrected chi connectivity index (χ3v) is 5.01. The minimum atomic E-state index is -1.03. The number of halogens is 1. The Kier molecular flexibility index (Phi) is 6.37. The van der Waals surface area contributed by atoms with E-state index in [0.717, 1.165) is 25.9 Å². The monoisotopic (exact) mass is 400 g/mol. The smallest absolute Gasteiger partial charge is 0.277 e. The lowest BCUT2D eigenvalue weighted by molar-refractivity contribution is -0.139. The number of hydrogen-bond acceptors (Lipinski definition) is 4. The lowest BCUT2D eigenvalue weighted by atomic mass is 10.0. The molecule has 0 radical (unpaired) electrons. The number of benzene rings is 2. The highest BCUT2D eigenvalue weighted by Gasteiger charge is 2.31. The number of ether oxygens (including phenoxy) is 1. The summed E-state index contributed by atoms with van der Waals surface area (Å²) in [7, 11) is 0. The number of carbonyl (C=O) groups excluding carboxylic acids is 2. The van der Waals surface area contributed by atoms with Crippen LogP contribution >= 0.6 is 11.6 Å². The topological polar surface area (TPSA) is 58.6 Å². The molecule has 6 heteroatoms. The van der Waals surface area contributed by atoms with Crippen molar-refractivity contribution in [3.63, 3.8) is 0 Å². The van der Waals surface area contributed by atoms with E-state index in [1.54, 1.807) is 62.4 Å². The Morgan fingerprint density at radius 2 is 1.46 bits per heavy atom. The molecule has 1 amide bonds. The third kappa shape index (κ3) is 5.12.